The fourth-order valence-corrected chi connectivity index (χ4v) is 3.13. The molecule has 0 saturated heterocycles. The number of phenolic OH excluding ortho intramolecular Hbond substituents is 1. The van der Waals surface area contributed by atoms with Crippen LogP contribution in [0.5, 0.6) is 5.75 Å². The number of alkyl halides is 3. The molecular weight excluding hydrogens is 380 g/mol. The van der Waals surface area contributed by atoms with Gasteiger partial charge in [0, 0.05) is 28.3 Å². The fraction of sp³-hybridized carbons (Fsp3) is 0.235. The van der Waals surface area contributed by atoms with E-state index in [9.17, 15) is 18.3 Å². The van der Waals surface area contributed by atoms with Gasteiger partial charge in [0.25, 0.3) is 0 Å². The van der Waals surface area contributed by atoms with Gasteiger partial charge in [0.2, 0.25) is 0 Å². The summed E-state index contributed by atoms with van der Waals surface area (Å²) in [4.78, 5) is 0.345. The van der Waals surface area contributed by atoms with Crippen molar-refractivity contribution in [3.63, 3.8) is 0 Å². The third-order valence-corrected chi connectivity index (χ3v) is 4.74. The van der Waals surface area contributed by atoms with E-state index in [0.717, 1.165) is 6.07 Å². The van der Waals surface area contributed by atoms with Crippen LogP contribution in [0.3, 0.4) is 0 Å². The zero-order valence-electron chi connectivity index (χ0n) is 12.5. The Morgan fingerprint density at radius 1 is 1.12 bits per heavy atom. The summed E-state index contributed by atoms with van der Waals surface area (Å²) in [6, 6.07) is 6.81. The van der Waals surface area contributed by atoms with Crippen LogP contribution >= 0.6 is 35.4 Å². The smallest absolute Gasteiger partial charge is 0.416 e. The number of thiocarbonyl (C=S) groups is 1. The molecule has 1 N–H and O–H groups in total. The molecule has 2 aromatic rings. The lowest BCUT2D eigenvalue weighted by Crippen LogP contribution is -2.12. The monoisotopic (exact) mass is 392 g/mol. The maximum absolute atomic E-state index is 13.0. The number of hydrogen-bond acceptors (Lipinski definition) is 2. The van der Waals surface area contributed by atoms with Gasteiger partial charge in [0.15, 0.2) is 0 Å². The Morgan fingerprint density at radius 3 is 2.33 bits per heavy atom. The van der Waals surface area contributed by atoms with E-state index < -0.39 is 11.7 Å². The van der Waals surface area contributed by atoms with E-state index in [-0.39, 0.29) is 29.2 Å². The van der Waals surface area contributed by atoms with E-state index >= 15 is 0 Å². The predicted octanol–water partition coefficient (Wildman–Crippen LogP) is 6.18. The predicted molar refractivity (Wildman–Crippen MR) is 94.3 cm³/mol. The fourth-order valence-electron chi connectivity index (χ4n) is 2.33. The maximum Gasteiger partial charge on any atom is 0.416 e. The average Bonchev–Trinajstić information content (AvgIpc) is 2.50. The van der Waals surface area contributed by atoms with Gasteiger partial charge < -0.3 is 5.11 Å². The molecule has 2 rings (SSSR count). The number of rotatable bonds is 4. The van der Waals surface area contributed by atoms with Gasteiger partial charge in [-0.05, 0) is 30.2 Å². The van der Waals surface area contributed by atoms with Crippen molar-refractivity contribution in [2.45, 2.75) is 25.9 Å². The minimum absolute atomic E-state index is 0.0342. The van der Waals surface area contributed by atoms with Crippen LogP contribution in [0.4, 0.5) is 13.2 Å². The molecule has 0 aromatic heterocycles. The Balaban J connectivity index is 2.25. The molecule has 0 fully saturated rings. The molecule has 0 spiro atoms. The van der Waals surface area contributed by atoms with Gasteiger partial charge in [-0.15, -0.1) is 0 Å². The summed E-state index contributed by atoms with van der Waals surface area (Å²) < 4.78 is 39.1. The SMILES string of the molecule is Cc1c(Cl)cc(CC(=S)Cc2ccccc2C(F)(F)F)c(O)c1Cl. The second-order valence-electron chi connectivity index (χ2n) is 5.35. The largest absolute Gasteiger partial charge is 0.506 e. The van der Waals surface area contributed by atoms with Crippen LogP contribution in [0.25, 0.3) is 0 Å². The number of halogens is 5. The molecule has 0 aliphatic carbocycles. The van der Waals surface area contributed by atoms with Crippen LogP contribution in [0.1, 0.15) is 22.3 Å². The highest BCUT2D eigenvalue weighted by atomic mass is 35.5. The van der Waals surface area contributed by atoms with E-state index in [1.807, 2.05) is 0 Å². The lowest BCUT2D eigenvalue weighted by Gasteiger charge is -2.14. The topological polar surface area (TPSA) is 20.2 Å². The second kappa shape index (κ2) is 7.30. The van der Waals surface area contributed by atoms with E-state index in [1.54, 1.807) is 6.92 Å². The maximum atomic E-state index is 13.0. The highest BCUT2D eigenvalue weighted by molar-refractivity contribution is 7.80. The van der Waals surface area contributed by atoms with Crippen molar-refractivity contribution in [2.24, 2.45) is 0 Å². The molecule has 0 atom stereocenters. The lowest BCUT2D eigenvalue weighted by molar-refractivity contribution is -0.138. The average molecular weight is 393 g/mol. The van der Waals surface area contributed by atoms with Gasteiger partial charge in [-0.1, -0.05) is 53.6 Å². The number of benzene rings is 2. The Kier molecular flexibility index (Phi) is 5.78. The highest BCUT2D eigenvalue weighted by Gasteiger charge is 2.33. The quantitative estimate of drug-likeness (QED) is 0.626. The normalized spacial score (nSPS) is 11.6. The summed E-state index contributed by atoms with van der Waals surface area (Å²) in [7, 11) is 0. The number of phenols is 1. The molecule has 1 nitrogen and oxygen atoms in total. The number of hydrogen-bond donors (Lipinski definition) is 1. The molecule has 0 aliphatic rings. The zero-order chi connectivity index (χ0) is 18.1. The molecule has 0 saturated carbocycles. The molecule has 0 amide bonds. The van der Waals surface area contributed by atoms with E-state index in [4.69, 9.17) is 35.4 Å². The van der Waals surface area contributed by atoms with Crippen LogP contribution in [-0.4, -0.2) is 9.97 Å². The summed E-state index contributed by atoms with van der Waals surface area (Å²) in [5.41, 5.74) is 0.313. The van der Waals surface area contributed by atoms with Crippen molar-refractivity contribution in [1.29, 1.82) is 0 Å². The third kappa shape index (κ3) is 4.21. The first-order valence-corrected chi connectivity index (χ1v) is 8.11. The standard InChI is InChI=1S/C17H13Cl2F3OS/c1-9-14(18)8-11(16(23)15(9)19)7-12(24)6-10-4-2-3-5-13(10)17(20,21)22/h2-5,8,23H,6-7H2,1H3. The molecule has 0 bridgehead atoms. The first-order valence-electron chi connectivity index (χ1n) is 6.94. The van der Waals surface area contributed by atoms with Crippen LogP contribution in [0.2, 0.25) is 10.0 Å². The first kappa shape index (κ1) is 19.0. The van der Waals surface area contributed by atoms with Crippen molar-refractivity contribution in [2.75, 3.05) is 0 Å². The van der Waals surface area contributed by atoms with Crippen molar-refractivity contribution in [3.05, 3.63) is 62.6 Å². The summed E-state index contributed by atoms with van der Waals surface area (Å²) >= 11 is 17.2. The van der Waals surface area contributed by atoms with E-state index in [1.165, 1.54) is 24.3 Å². The van der Waals surface area contributed by atoms with Crippen molar-refractivity contribution in [1.82, 2.24) is 0 Å². The molecule has 2 aromatic carbocycles. The van der Waals surface area contributed by atoms with Crippen molar-refractivity contribution in [3.8, 4) is 5.75 Å². The number of aromatic hydroxyl groups is 1. The molecule has 0 radical (unpaired) electrons. The van der Waals surface area contributed by atoms with Crippen molar-refractivity contribution < 1.29 is 18.3 Å². The minimum atomic E-state index is -4.44. The molecular formula is C17H13Cl2F3OS. The third-order valence-electron chi connectivity index (χ3n) is 3.60. The van der Waals surface area contributed by atoms with Crippen LogP contribution in [-0.2, 0) is 19.0 Å². The summed E-state index contributed by atoms with van der Waals surface area (Å²) in [5.74, 6) is -0.148. The minimum Gasteiger partial charge on any atom is -0.506 e. The Labute approximate surface area is 153 Å². The Hall–Kier alpha value is -1.30. The van der Waals surface area contributed by atoms with Crippen LogP contribution < -0.4 is 0 Å². The van der Waals surface area contributed by atoms with Gasteiger partial charge >= 0.3 is 6.18 Å². The summed E-state index contributed by atoms with van der Waals surface area (Å²) in [6.45, 7) is 1.66. The van der Waals surface area contributed by atoms with Crippen LogP contribution in [0, 0.1) is 6.92 Å². The van der Waals surface area contributed by atoms with Gasteiger partial charge in [0.1, 0.15) is 5.75 Å². The second-order valence-corrected chi connectivity index (χ2v) is 6.71. The van der Waals surface area contributed by atoms with Gasteiger partial charge in [-0.3, -0.25) is 0 Å². The Bertz CT molecular complexity index is 788. The summed E-state index contributed by atoms with van der Waals surface area (Å²) in [5, 5.41) is 10.6. The molecule has 7 heteroatoms. The molecule has 0 heterocycles. The van der Waals surface area contributed by atoms with Crippen molar-refractivity contribution >= 4 is 40.3 Å². The van der Waals surface area contributed by atoms with Crippen LogP contribution in [0.15, 0.2) is 30.3 Å². The lowest BCUT2D eigenvalue weighted by atomic mass is 9.98. The van der Waals surface area contributed by atoms with E-state index in [2.05, 4.69) is 0 Å². The summed E-state index contributed by atoms with van der Waals surface area (Å²) in [6.07, 6.45) is -4.37. The molecule has 128 valence electrons. The Morgan fingerprint density at radius 2 is 1.71 bits per heavy atom. The van der Waals surface area contributed by atoms with Gasteiger partial charge in [-0.2, -0.15) is 13.2 Å². The van der Waals surface area contributed by atoms with Gasteiger partial charge in [-0.25, -0.2) is 0 Å². The molecule has 0 aliphatic heterocycles. The molecule has 24 heavy (non-hydrogen) atoms. The highest BCUT2D eigenvalue weighted by Crippen LogP contribution is 2.36. The first-order chi connectivity index (χ1) is 11.1. The zero-order valence-corrected chi connectivity index (χ0v) is 14.9. The van der Waals surface area contributed by atoms with Gasteiger partial charge in [0.05, 0.1) is 10.6 Å². The molecule has 0 unspecified atom stereocenters. The van der Waals surface area contributed by atoms with E-state index in [0.29, 0.717) is 21.0 Å².